The SMILES string of the molecule is CC(C)(C)OC(=O)N(CCCN)C1CCN(C(=O)c2ccc(C(F)(F)F)cc2)CC1. The van der Waals surface area contributed by atoms with Crippen LogP contribution in [0.25, 0.3) is 0 Å². The summed E-state index contributed by atoms with van der Waals surface area (Å²) in [5.41, 5.74) is 4.41. The normalized spacial score (nSPS) is 15.8. The van der Waals surface area contributed by atoms with Gasteiger partial charge in [0.05, 0.1) is 5.56 Å². The van der Waals surface area contributed by atoms with Crippen molar-refractivity contribution in [1.29, 1.82) is 0 Å². The molecule has 1 aliphatic rings. The van der Waals surface area contributed by atoms with Crippen molar-refractivity contribution in [2.45, 2.75) is 57.9 Å². The summed E-state index contributed by atoms with van der Waals surface area (Å²) in [7, 11) is 0. The Labute approximate surface area is 175 Å². The van der Waals surface area contributed by atoms with E-state index in [0.29, 0.717) is 45.4 Å². The van der Waals surface area contributed by atoms with E-state index in [1.165, 1.54) is 12.1 Å². The molecule has 168 valence electrons. The van der Waals surface area contributed by atoms with Gasteiger partial charge in [-0.15, -0.1) is 0 Å². The van der Waals surface area contributed by atoms with E-state index in [1.54, 1.807) is 30.6 Å². The Bertz CT molecular complexity index is 722. The molecule has 1 aliphatic heterocycles. The molecular formula is C21H30F3N3O3. The van der Waals surface area contributed by atoms with Gasteiger partial charge in [0.1, 0.15) is 5.60 Å². The second kappa shape index (κ2) is 9.68. The molecule has 1 fully saturated rings. The van der Waals surface area contributed by atoms with Gasteiger partial charge in [0.15, 0.2) is 0 Å². The highest BCUT2D eigenvalue weighted by atomic mass is 19.4. The van der Waals surface area contributed by atoms with E-state index in [1.807, 2.05) is 0 Å². The Hall–Kier alpha value is -2.29. The van der Waals surface area contributed by atoms with Crippen molar-refractivity contribution in [3.8, 4) is 0 Å². The van der Waals surface area contributed by atoms with Gasteiger partial charge >= 0.3 is 12.3 Å². The topological polar surface area (TPSA) is 75.9 Å². The molecule has 0 saturated carbocycles. The number of carbonyl (C=O) groups excluding carboxylic acids is 2. The van der Waals surface area contributed by atoms with E-state index >= 15 is 0 Å². The molecule has 0 unspecified atom stereocenters. The minimum Gasteiger partial charge on any atom is -0.444 e. The lowest BCUT2D eigenvalue weighted by Crippen LogP contribution is -2.50. The Balaban J connectivity index is 2.00. The highest BCUT2D eigenvalue weighted by Crippen LogP contribution is 2.29. The van der Waals surface area contributed by atoms with Gasteiger partial charge in [-0.05, 0) is 70.8 Å². The third-order valence-corrected chi connectivity index (χ3v) is 4.88. The monoisotopic (exact) mass is 429 g/mol. The minimum absolute atomic E-state index is 0.0805. The predicted octanol–water partition coefficient (Wildman–Crippen LogP) is 3.90. The first-order valence-electron chi connectivity index (χ1n) is 10.1. The van der Waals surface area contributed by atoms with Crippen LogP contribution in [0.3, 0.4) is 0 Å². The number of halogens is 3. The number of ether oxygens (including phenoxy) is 1. The van der Waals surface area contributed by atoms with Crippen LogP contribution in [0.4, 0.5) is 18.0 Å². The summed E-state index contributed by atoms with van der Waals surface area (Å²) >= 11 is 0. The fourth-order valence-electron chi connectivity index (χ4n) is 3.37. The molecule has 1 aromatic rings. The number of amides is 2. The van der Waals surface area contributed by atoms with Gasteiger partial charge in [-0.3, -0.25) is 4.79 Å². The summed E-state index contributed by atoms with van der Waals surface area (Å²) in [6.07, 6.45) is -3.06. The molecule has 1 heterocycles. The molecule has 0 aliphatic carbocycles. The van der Waals surface area contributed by atoms with Gasteiger partial charge in [-0.2, -0.15) is 13.2 Å². The fraction of sp³-hybridized carbons (Fsp3) is 0.619. The molecule has 30 heavy (non-hydrogen) atoms. The first-order valence-corrected chi connectivity index (χ1v) is 10.1. The van der Waals surface area contributed by atoms with Gasteiger partial charge in [0.2, 0.25) is 0 Å². The molecule has 0 aromatic heterocycles. The van der Waals surface area contributed by atoms with Gasteiger partial charge in [0.25, 0.3) is 5.91 Å². The highest BCUT2D eigenvalue weighted by Gasteiger charge is 2.33. The molecule has 1 aromatic carbocycles. The van der Waals surface area contributed by atoms with E-state index < -0.39 is 23.4 Å². The molecule has 2 amide bonds. The highest BCUT2D eigenvalue weighted by molar-refractivity contribution is 5.94. The summed E-state index contributed by atoms with van der Waals surface area (Å²) in [4.78, 5) is 28.5. The zero-order chi connectivity index (χ0) is 22.5. The van der Waals surface area contributed by atoms with Crippen molar-refractivity contribution in [2.24, 2.45) is 5.73 Å². The lowest BCUT2D eigenvalue weighted by Gasteiger charge is -2.39. The quantitative estimate of drug-likeness (QED) is 0.770. The van der Waals surface area contributed by atoms with E-state index in [4.69, 9.17) is 10.5 Å². The lowest BCUT2D eigenvalue weighted by molar-refractivity contribution is -0.137. The van der Waals surface area contributed by atoms with Crippen molar-refractivity contribution in [3.05, 3.63) is 35.4 Å². The van der Waals surface area contributed by atoms with Crippen molar-refractivity contribution in [2.75, 3.05) is 26.2 Å². The molecule has 1 saturated heterocycles. The maximum absolute atomic E-state index is 12.7. The zero-order valence-electron chi connectivity index (χ0n) is 17.7. The largest absolute Gasteiger partial charge is 0.444 e. The van der Waals surface area contributed by atoms with Crippen LogP contribution in [0.2, 0.25) is 0 Å². The molecule has 0 bridgehead atoms. The van der Waals surface area contributed by atoms with Crippen LogP contribution < -0.4 is 5.73 Å². The zero-order valence-corrected chi connectivity index (χ0v) is 17.7. The van der Waals surface area contributed by atoms with Gasteiger partial charge in [-0.1, -0.05) is 0 Å². The Morgan fingerprint density at radius 1 is 1.13 bits per heavy atom. The molecule has 0 spiro atoms. The Kier molecular flexibility index (Phi) is 7.74. The molecule has 2 N–H and O–H groups in total. The first kappa shape index (κ1) is 24.0. The second-order valence-corrected chi connectivity index (χ2v) is 8.41. The minimum atomic E-state index is -4.44. The number of carbonyl (C=O) groups is 2. The lowest BCUT2D eigenvalue weighted by atomic mass is 10.0. The molecule has 0 atom stereocenters. The summed E-state index contributed by atoms with van der Waals surface area (Å²) in [5.74, 6) is -0.312. The van der Waals surface area contributed by atoms with Gasteiger partial charge in [0, 0.05) is 31.2 Å². The number of alkyl halides is 3. The average Bonchev–Trinajstić information content (AvgIpc) is 2.66. The van der Waals surface area contributed by atoms with Crippen molar-refractivity contribution in [1.82, 2.24) is 9.80 Å². The summed E-state index contributed by atoms with van der Waals surface area (Å²) in [6, 6.07) is 4.15. The van der Waals surface area contributed by atoms with Crippen molar-refractivity contribution in [3.63, 3.8) is 0 Å². The van der Waals surface area contributed by atoms with E-state index in [-0.39, 0.29) is 17.5 Å². The number of hydrogen-bond acceptors (Lipinski definition) is 4. The molecule has 0 radical (unpaired) electrons. The van der Waals surface area contributed by atoms with Crippen LogP contribution in [0.5, 0.6) is 0 Å². The van der Waals surface area contributed by atoms with Crippen LogP contribution in [-0.2, 0) is 10.9 Å². The van der Waals surface area contributed by atoms with Crippen LogP contribution in [-0.4, -0.2) is 59.6 Å². The van der Waals surface area contributed by atoms with Crippen molar-refractivity contribution < 1.29 is 27.5 Å². The third kappa shape index (κ3) is 6.62. The number of rotatable bonds is 5. The molecule has 6 nitrogen and oxygen atoms in total. The molecule has 2 rings (SSSR count). The standard InChI is InChI=1S/C21H30F3N3O3/c1-20(2,3)30-19(29)27(12-4-11-25)17-9-13-26(14-10-17)18(28)15-5-7-16(8-6-15)21(22,23)24/h5-8,17H,4,9-14,25H2,1-3H3. The Morgan fingerprint density at radius 3 is 2.17 bits per heavy atom. The number of nitrogens with zero attached hydrogens (tertiary/aromatic N) is 2. The van der Waals surface area contributed by atoms with Gasteiger partial charge in [-0.25, -0.2) is 4.79 Å². The van der Waals surface area contributed by atoms with E-state index in [0.717, 1.165) is 12.1 Å². The van der Waals surface area contributed by atoms with Crippen molar-refractivity contribution >= 4 is 12.0 Å². The van der Waals surface area contributed by atoms with Crippen LogP contribution in [0.1, 0.15) is 56.0 Å². The summed E-state index contributed by atoms with van der Waals surface area (Å²) < 4.78 is 43.6. The predicted molar refractivity (Wildman–Crippen MR) is 107 cm³/mol. The maximum atomic E-state index is 12.7. The summed E-state index contributed by atoms with van der Waals surface area (Å²) in [6.45, 7) is 7.15. The van der Waals surface area contributed by atoms with E-state index in [2.05, 4.69) is 0 Å². The maximum Gasteiger partial charge on any atom is 0.416 e. The van der Waals surface area contributed by atoms with E-state index in [9.17, 15) is 22.8 Å². The third-order valence-electron chi connectivity index (χ3n) is 4.88. The van der Waals surface area contributed by atoms with Gasteiger partial charge < -0.3 is 20.3 Å². The van der Waals surface area contributed by atoms with Crippen LogP contribution >= 0.6 is 0 Å². The Morgan fingerprint density at radius 2 is 1.70 bits per heavy atom. The molecule has 9 heteroatoms. The second-order valence-electron chi connectivity index (χ2n) is 8.41. The number of piperidine rings is 1. The summed E-state index contributed by atoms with van der Waals surface area (Å²) in [5, 5.41) is 0. The first-order chi connectivity index (χ1) is 13.9. The number of likely N-dealkylation sites (tertiary alicyclic amines) is 1. The number of hydrogen-bond donors (Lipinski definition) is 1. The smallest absolute Gasteiger partial charge is 0.416 e. The number of nitrogens with two attached hydrogens (primary N) is 1. The number of benzene rings is 1. The fourth-order valence-corrected chi connectivity index (χ4v) is 3.37. The molecular weight excluding hydrogens is 399 g/mol. The average molecular weight is 429 g/mol. The van der Waals surface area contributed by atoms with Crippen LogP contribution in [0, 0.1) is 0 Å². The van der Waals surface area contributed by atoms with Crippen LogP contribution in [0.15, 0.2) is 24.3 Å².